The van der Waals surface area contributed by atoms with Crippen molar-refractivity contribution >= 4 is 17.5 Å². The number of hydrogen-bond acceptors (Lipinski definition) is 2. The molecule has 0 aliphatic rings. The standard InChI is InChI=1S/C12H14ClF2NO2/c1-12(2,6-17)5-16-11(18)7-3-10(15)8(13)4-9(7)14/h3-4,17H,5-6H2,1-2H3,(H,16,18). The van der Waals surface area contributed by atoms with Crippen LogP contribution in [0.4, 0.5) is 8.78 Å². The number of nitrogens with one attached hydrogen (secondary N) is 1. The summed E-state index contributed by atoms with van der Waals surface area (Å²) in [6, 6.07) is 1.50. The van der Waals surface area contributed by atoms with Gasteiger partial charge in [0.2, 0.25) is 0 Å². The van der Waals surface area contributed by atoms with Gasteiger partial charge in [-0.25, -0.2) is 8.78 Å². The van der Waals surface area contributed by atoms with E-state index in [1.165, 1.54) is 0 Å². The van der Waals surface area contributed by atoms with Gasteiger partial charge in [-0.15, -0.1) is 0 Å². The maximum absolute atomic E-state index is 13.4. The third-order valence-electron chi connectivity index (χ3n) is 2.41. The van der Waals surface area contributed by atoms with E-state index < -0.39 is 28.5 Å². The molecular formula is C12H14ClF2NO2. The Labute approximate surface area is 109 Å². The first kappa shape index (κ1) is 14.9. The molecular weight excluding hydrogens is 264 g/mol. The number of aliphatic hydroxyl groups excluding tert-OH is 1. The average Bonchev–Trinajstić information content (AvgIpc) is 2.31. The first-order valence-corrected chi connectivity index (χ1v) is 5.68. The van der Waals surface area contributed by atoms with Crippen LogP contribution < -0.4 is 5.32 Å². The average molecular weight is 278 g/mol. The van der Waals surface area contributed by atoms with Crippen LogP contribution in [0.15, 0.2) is 12.1 Å². The Balaban J connectivity index is 2.82. The zero-order chi connectivity index (χ0) is 13.9. The van der Waals surface area contributed by atoms with E-state index in [-0.39, 0.29) is 18.2 Å². The summed E-state index contributed by atoms with van der Waals surface area (Å²) in [4.78, 5) is 11.6. The zero-order valence-electron chi connectivity index (χ0n) is 10.1. The second-order valence-corrected chi connectivity index (χ2v) is 5.16. The second kappa shape index (κ2) is 5.63. The summed E-state index contributed by atoms with van der Waals surface area (Å²) < 4.78 is 26.6. The van der Waals surface area contributed by atoms with Crippen LogP contribution in [0, 0.1) is 17.0 Å². The Morgan fingerprint density at radius 2 is 2.00 bits per heavy atom. The second-order valence-electron chi connectivity index (χ2n) is 4.75. The van der Waals surface area contributed by atoms with Crippen LogP contribution in [0.2, 0.25) is 5.02 Å². The van der Waals surface area contributed by atoms with Gasteiger partial charge in [0.05, 0.1) is 10.6 Å². The summed E-state index contributed by atoms with van der Waals surface area (Å²) in [7, 11) is 0. The number of benzene rings is 1. The summed E-state index contributed by atoms with van der Waals surface area (Å²) in [5.74, 6) is -2.49. The van der Waals surface area contributed by atoms with Gasteiger partial charge in [-0.05, 0) is 12.1 Å². The highest BCUT2D eigenvalue weighted by atomic mass is 35.5. The summed E-state index contributed by atoms with van der Waals surface area (Å²) in [6.45, 7) is 3.47. The molecule has 1 aromatic carbocycles. The molecule has 0 saturated heterocycles. The first-order chi connectivity index (χ1) is 8.26. The molecule has 6 heteroatoms. The van der Waals surface area contributed by atoms with E-state index in [0.29, 0.717) is 0 Å². The van der Waals surface area contributed by atoms with Gasteiger partial charge >= 0.3 is 0 Å². The molecule has 2 N–H and O–H groups in total. The van der Waals surface area contributed by atoms with E-state index in [0.717, 1.165) is 12.1 Å². The molecule has 1 aromatic rings. The highest BCUT2D eigenvalue weighted by Crippen LogP contribution is 2.19. The number of carbonyl (C=O) groups is 1. The molecule has 0 bridgehead atoms. The van der Waals surface area contributed by atoms with E-state index in [2.05, 4.69) is 5.32 Å². The number of carbonyl (C=O) groups excluding carboxylic acids is 1. The molecule has 0 aliphatic heterocycles. The fourth-order valence-electron chi connectivity index (χ4n) is 1.17. The van der Waals surface area contributed by atoms with Crippen molar-refractivity contribution in [1.29, 1.82) is 0 Å². The third kappa shape index (κ3) is 3.65. The van der Waals surface area contributed by atoms with E-state index in [1.807, 2.05) is 0 Å². The smallest absolute Gasteiger partial charge is 0.254 e. The number of hydrogen-bond donors (Lipinski definition) is 2. The molecule has 0 unspecified atom stereocenters. The molecule has 3 nitrogen and oxygen atoms in total. The normalized spacial score (nSPS) is 11.4. The minimum absolute atomic E-state index is 0.134. The fraction of sp³-hybridized carbons (Fsp3) is 0.417. The lowest BCUT2D eigenvalue weighted by Crippen LogP contribution is -2.36. The van der Waals surface area contributed by atoms with Gasteiger partial charge in [0.1, 0.15) is 11.6 Å². The quantitative estimate of drug-likeness (QED) is 0.830. The maximum Gasteiger partial charge on any atom is 0.254 e. The van der Waals surface area contributed by atoms with Crippen LogP contribution >= 0.6 is 11.6 Å². The van der Waals surface area contributed by atoms with Gasteiger partial charge in [0.15, 0.2) is 0 Å². The van der Waals surface area contributed by atoms with Crippen LogP contribution in [0.1, 0.15) is 24.2 Å². The number of halogens is 3. The Bertz CT molecular complexity index is 464. The Morgan fingerprint density at radius 1 is 1.39 bits per heavy atom. The van der Waals surface area contributed by atoms with Crippen molar-refractivity contribution in [3.8, 4) is 0 Å². The molecule has 0 aromatic heterocycles. The van der Waals surface area contributed by atoms with Crippen LogP contribution in [0.25, 0.3) is 0 Å². The SMILES string of the molecule is CC(C)(CO)CNC(=O)c1cc(F)c(Cl)cc1F. The van der Waals surface area contributed by atoms with Crippen molar-refractivity contribution in [1.82, 2.24) is 5.32 Å². The Hall–Kier alpha value is -1.20. The molecule has 1 amide bonds. The topological polar surface area (TPSA) is 49.3 Å². The number of amides is 1. The fourth-order valence-corrected chi connectivity index (χ4v) is 1.32. The highest BCUT2D eigenvalue weighted by molar-refractivity contribution is 6.30. The van der Waals surface area contributed by atoms with Crippen LogP contribution in [0.5, 0.6) is 0 Å². The summed E-state index contributed by atoms with van der Waals surface area (Å²) in [6.07, 6.45) is 0. The Kier molecular flexibility index (Phi) is 4.65. The molecule has 0 atom stereocenters. The predicted octanol–water partition coefficient (Wildman–Crippen LogP) is 2.37. The van der Waals surface area contributed by atoms with Gasteiger partial charge in [0.25, 0.3) is 5.91 Å². The van der Waals surface area contributed by atoms with Crippen molar-refractivity contribution < 1.29 is 18.7 Å². The highest BCUT2D eigenvalue weighted by Gasteiger charge is 2.20. The lowest BCUT2D eigenvalue weighted by Gasteiger charge is -2.21. The monoisotopic (exact) mass is 277 g/mol. The van der Waals surface area contributed by atoms with Gasteiger partial charge in [-0.2, -0.15) is 0 Å². The summed E-state index contributed by atoms with van der Waals surface area (Å²) in [5.41, 5.74) is -0.942. The molecule has 0 heterocycles. The largest absolute Gasteiger partial charge is 0.396 e. The van der Waals surface area contributed by atoms with Crippen molar-refractivity contribution in [3.63, 3.8) is 0 Å². The summed E-state index contributed by atoms with van der Waals surface area (Å²) >= 11 is 5.38. The molecule has 0 spiro atoms. The van der Waals surface area contributed by atoms with Gasteiger partial charge in [0, 0.05) is 18.6 Å². The molecule has 1 rings (SSSR count). The number of aliphatic hydroxyl groups is 1. The molecule has 0 saturated carbocycles. The lowest BCUT2D eigenvalue weighted by molar-refractivity contribution is 0.0906. The van der Waals surface area contributed by atoms with E-state index in [1.54, 1.807) is 13.8 Å². The van der Waals surface area contributed by atoms with Crippen molar-refractivity contribution in [3.05, 3.63) is 34.4 Å². The Morgan fingerprint density at radius 3 is 2.56 bits per heavy atom. The molecule has 0 fully saturated rings. The maximum atomic E-state index is 13.4. The van der Waals surface area contributed by atoms with Crippen molar-refractivity contribution in [2.45, 2.75) is 13.8 Å². The molecule has 100 valence electrons. The first-order valence-electron chi connectivity index (χ1n) is 5.30. The van der Waals surface area contributed by atoms with Crippen LogP contribution in [-0.4, -0.2) is 24.2 Å². The van der Waals surface area contributed by atoms with Crippen LogP contribution in [-0.2, 0) is 0 Å². The third-order valence-corrected chi connectivity index (χ3v) is 2.70. The van der Waals surface area contributed by atoms with Crippen molar-refractivity contribution in [2.75, 3.05) is 13.2 Å². The van der Waals surface area contributed by atoms with E-state index in [9.17, 15) is 13.6 Å². The molecule has 0 aliphatic carbocycles. The lowest BCUT2D eigenvalue weighted by atomic mass is 9.95. The van der Waals surface area contributed by atoms with E-state index >= 15 is 0 Å². The zero-order valence-corrected chi connectivity index (χ0v) is 10.8. The molecule has 0 radical (unpaired) electrons. The van der Waals surface area contributed by atoms with Gasteiger partial charge in [-0.1, -0.05) is 25.4 Å². The summed E-state index contributed by atoms with van der Waals surface area (Å²) in [5, 5.41) is 11.1. The van der Waals surface area contributed by atoms with E-state index in [4.69, 9.17) is 16.7 Å². The molecule has 18 heavy (non-hydrogen) atoms. The van der Waals surface area contributed by atoms with Crippen LogP contribution in [0.3, 0.4) is 0 Å². The minimum Gasteiger partial charge on any atom is -0.396 e. The van der Waals surface area contributed by atoms with Gasteiger partial charge in [-0.3, -0.25) is 4.79 Å². The van der Waals surface area contributed by atoms with Crippen molar-refractivity contribution in [2.24, 2.45) is 5.41 Å². The van der Waals surface area contributed by atoms with Gasteiger partial charge < -0.3 is 10.4 Å². The minimum atomic E-state index is -0.888. The predicted molar refractivity (Wildman–Crippen MR) is 64.6 cm³/mol. The number of rotatable bonds is 4.